The molecule has 172 valence electrons. The molecule has 3 aromatic carbocycles. The highest BCUT2D eigenvalue weighted by molar-refractivity contribution is 8.03. The quantitative estimate of drug-likeness (QED) is 0.185. The van der Waals surface area contributed by atoms with Gasteiger partial charge in [-0.15, -0.1) is 10.2 Å². The van der Waals surface area contributed by atoms with Crippen molar-refractivity contribution >= 4 is 58.6 Å². The molecule has 0 aliphatic carbocycles. The minimum Gasteiger partial charge on any atom is -0.489 e. The number of carbonyl (C=O) groups is 1. The number of thioether (sulfide) groups is 1. The Kier molecular flexibility index (Phi) is 7.80. The lowest BCUT2D eigenvalue weighted by molar-refractivity contribution is -0.131. The Morgan fingerprint density at radius 3 is 2.35 bits per heavy atom. The first-order valence-electron chi connectivity index (χ1n) is 9.76. The van der Waals surface area contributed by atoms with Crippen LogP contribution in [0.25, 0.3) is 17.5 Å². The maximum Gasteiger partial charge on any atom is 0.342 e. The van der Waals surface area contributed by atoms with Crippen molar-refractivity contribution in [3.05, 3.63) is 97.8 Å². The lowest BCUT2D eigenvalue weighted by Gasteiger charge is -2.08. The molecule has 4 rings (SSSR count). The van der Waals surface area contributed by atoms with Gasteiger partial charge in [-0.1, -0.05) is 53.0 Å². The molecule has 6 nitrogen and oxygen atoms in total. The van der Waals surface area contributed by atoms with Gasteiger partial charge in [0.05, 0.1) is 0 Å². The largest absolute Gasteiger partial charge is 0.489 e. The van der Waals surface area contributed by atoms with Crippen LogP contribution in [0.3, 0.4) is 0 Å². The summed E-state index contributed by atoms with van der Waals surface area (Å²) >= 11 is 18.8. The maximum absolute atomic E-state index is 11.8. The van der Waals surface area contributed by atoms with Gasteiger partial charge in [0.25, 0.3) is 5.22 Å². The van der Waals surface area contributed by atoms with E-state index in [1.807, 2.05) is 0 Å². The summed E-state index contributed by atoms with van der Waals surface area (Å²) in [5.41, 5.74) is 2.15. The molecule has 1 heterocycles. The van der Waals surface area contributed by atoms with Gasteiger partial charge in [-0.05, 0) is 71.9 Å². The van der Waals surface area contributed by atoms with Crippen LogP contribution in [0.15, 0.2) is 81.3 Å². The average molecular weight is 534 g/mol. The number of hydrogen-bond acceptors (Lipinski definition) is 6. The van der Waals surface area contributed by atoms with Crippen LogP contribution in [0.4, 0.5) is 0 Å². The summed E-state index contributed by atoms with van der Waals surface area (Å²) in [6.07, 6.45) is 1.51. The fourth-order valence-electron chi connectivity index (χ4n) is 2.80. The van der Waals surface area contributed by atoms with Crippen molar-refractivity contribution in [3.8, 4) is 17.2 Å². The molecule has 10 heteroatoms. The topological polar surface area (TPSA) is 85.5 Å². The van der Waals surface area contributed by atoms with E-state index < -0.39 is 5.97 Å². The summed E-state index contributed by atoms with van der Waals surface area (Å²) in [6, 6.07) is 19.1. The molecule has 1 N–H and O–H groups in total. The van der Waals surface area contributed by atoms with Crippen molar-refractivity contribution in [2.24, 2.45) is 0 Å². The predicted molar refractivity (Wildman–Crippen MR) is 133 cm³/mol. The Morgan fingerprint density at radius 1 is 0.971 bits per heavy atom. The first-order chi connectivity index (χ1) is 16.4. The molecule has 0 aliphatic heterocycles. The van der Waals surface area contributed by atoms with Crippen LogP contribution < -0.4 is 4.74 Å². The van der Waals surface area contributed by atoms with Crippen molar-refractivity contribution in [1.29, 1.82) is 0 Å². The Morgan fingerprint density at radius 2 is 1.68 bits per heavy atom. The van der Waals surface area contributed by atoms with Crippen LogP contribution in [-0.2, 0) is 11.4 Å². The van der Waals surface area contributed by atoms with E-state index in [-0.39, 0.29) is 22.6 Å². The highest BCUT2D eigenvalue weighted by atomic mass is 35.5. The number of halogens is 3. The summed E-state index contributed by atoms with van der Waals surface area (Å²) in [6.45, 7) is 0.272. The van der Waals surface area contributed by atoms with E-state index in [2.05, 4.69) is 10.2 Å². The molecule has 0 unspecified atom stereocenters. The molecule has 0 aliphatic rings. The Bertz CT molecular complexity index is 1340. The average Bonchev–Trinajstić information content (AvgIpc) is 3.28. The van der Waals surface area contributed by atoms with Crippen molar-refractivity contribution < 1.29 is 19.1 Å². The van der Waals surface area contributed by atoms with Crippen LogP contribution in [0.2, 0.25) is 15.1 Å². The van der Waals surface area contributed by atoms with Crippen LogP contribution in [0, 0.1) is 0 Å². The van der Waals surface area contributed by atoms with Crippen molar-refractivity contribution in [1.82, 2.24) is 10.2 Å². The summed E-state index contributed by atoms with van der Waals surface area (Å²) in [5.74, 6) is -0.239. The van der Waals surface area contributed by atoms with E-state index in [1.54, 1.807) is 66.7 Å². The predicted octanol–water partition coefficient (Wildman–Crippen LogP) is 7.49. The molecule has 4 aromatic rings. The number of aromatic nitrogens is 2. The molecule has 0 amide bonds. The molecule has 34 heavy (non-hydrogen) atoms. The lowest BCUT2D eigenvalue weighted by Crippen LogP contribution is -1.97. The minimum absolute atomic E-state index is 0.0212. The lowest BCUT2D eigenvalue weighted by atomic mass is 10.2. The second kappa shape index (κ2) is 11.0. The van der Waals surface area contributed by atoms with Crippen LogP contribution >= 0.6 is 46.6 Å². The van der Waals surface area contributed by atoms with E-state index in [4.69, 9.17) is 44.0 Å². The van der Waals surface area contributed by atoms with Crippen LogP contribution in [-0.4, -0.2) is 21.3 Å². The third-order valence-electron chi connectivity index (χ3n) is 4.49. The van der Waals surface area contributed by atoms with Crippen LogP contribution in [0.5, 0.6) is 5.75 Å². The summed E-state index contributed by atoms with van der Waals surface area (Å²) in [7, 11) is 0. The zero-order valence-electron chi connectivity index (χ0n) is 17.2. The molecular weight excluding hydrogens is 519 g/mol. The van der Waals surface area contributed by atoms with E-state index in [9.17, 15) is 9.90 Å². The highest BCUT2D eigenvalue weighted by Crippen LogP contribution is 2.31. The Labute approximate surface area is 214 Å². The molecule has 0 radical (unpaired) electrons. The standard InChI is InChI=1S/C24H15Cl3N2O4S/c25-17-6-3-15(4-7-17)22-28-29-24(33-22)34-21(23(30)31)11-14-1-9-19(10-2-14)32-13-16-5-8-18(26)12-20(16)27/h1-12H,13H2,(H,30,31)/b21-11-. The monoisotopic (exact) mass is 532 g/mol. The Hall–Kier alpha value is -2.97. The zero-order chi connectivity index (χ0) is 24.1. The zero-order valence-corrected chi connectivity index (χ0v) is 20.3. The number of hydrogen-bond donors (Lipinski definition) is 1. The number of ether oxygens (including phenoxy) is 1. The van der Waals surface area contributed by atoms with Crippen molar-refractivity contribution in [2.75, 3.05) is 0 Å². The summed E-state index contributed by atoms with van der Waals surface area (Å²) < 4.78 is 11.3. The number of rotatable bonds is 8. The van der Waals surface area contributed by atoms with E-state index >= 15 is 0 Å². The van der Waals surface area contributed by atoms with Gasteiger partial charge in [0.2, 0.25) is 5.89 Å². The molecular formula is C24H15Cl3N2O4S. The van der Waals surface area contributed by atoms with Gasteiger partial charge in [-0.2, -0.15) is 0 Å². The van der Waals surface area contributed by atoms with Gasteiger partial charge in [0.1, 0.15) is 17.3 Å². The van der Waals surface area contributed by atoms with Gasteiger partial charge in [0, 0.05) is 26.2 Å². The van der Waals surface area contributed by atoms with Gasteiger partial charge in [-0.25, -0.2) is 4.79 Å². The van der Waals surface area contributed by atoms with Crippen LogP contribution in [0.1, 0.15) is 11.1 Å². The maximum atomic E-state index is 11.8. The number of carboxylic acid groups (broad SMARTS) is 1. The van der Waals surface area contributed by atoms with Crippen molar-refractivity contribution in [3.63, 3.8) is 0 Å². The van der Waals surface area contributed by atoms with Gasteiger partial charge in [-0.3, -0.25) is 0 Å². The third kappa shape index (κ3) is 6.33. The fourth-order valence-corrected chi connectivity index (χ4v) is 4.06. The first kappa shape index (κ1) is 24.2. The molecule has 0 bridgehead atoms. The van der Waals surface area contributed by atoms with Gasteiger partial charge in [0.15, 0.2) is 0 Å². The summed E-state index contributed by atoms with van der Waals surface area (Å²) in [4.78, 5) is 11.8. The number of nitrogens with zero attached hydrogens (tertiary/aromatic N) is 2. The molecule has 0 atom stereocenters. The second-order valence-electron chi connectivity index (χ2n) is 6.89. The Balaban J connectivity index is 1.43. The second-order valence-corrected chi connectivity index (χ2v) is 9.16. The molecule has 0 saturated heterocycles. The first-order valence-corrected chi connectivity index (χ1v) is 11.7. The molecule has 0 saturated carbocycles. The van der Waals surface area contributed by atoms with E-state index in [1.165, 1.54) is 6.08 Å². The molecule has 1 aromatic heterocycles. The number of aliphatic carboxylic acids is 1. The summed E-state index contributed by atoms with van der Waals surface area (Å²) in [5, 5.41) is 19.3. The van der Waals surface area contributed by atoms with Gasteiger partial charge < -0.3 is 14.3 Å². The van der Waals surface area contributed by atoms with Gasteiger partial charge >= 0.3 is 5.97 Å². The molecule has 0 spiro atoms. The fraction of sp³-hybridized carbons (Fsp3) is 0.0417. The minimum atomic E-state index is -1.12. The normalized spacial score (nSPS) is 11.4. The highest BCUT2D eigenvalue weighted by Gasteiger charge is 2.16. The number of carboxylic acids is 1. The molecule has 0 fully saturated rings. The van der Waals surface area contributed by atoms with E-state index in [0.29, 0.717) is 31.9 Å². The third-order valence-corrected chi connectivity index (χ3v) is 6.18. The smallest absolute Gasteiger partial charge is 0.342 e. The van der Waals surface area contributed by atoms with Crippen molar-refractivity contribution in [2.45, 2.75) is 11.8 Å². The SMILES string of the molecule is O=C(O)/C(=C/c1ccc(OCc2ccc(Cl)cc2Cl)cc1)Sc1nnc(-c2ccc(Cl)cc2)o1. The van der Waals surface area contributed by atoms with E-state index in [0.717, 1.165) is 17.3 Å². The number of benzene rings is 3.